The lowest BCUT2D eigenvalue weighted by Gasteiger charge is -2.33. The van der Waals surface area contributed by atoms with E-state index in [0.717, 1.165) is 26.2 Å². The number of aliphatic hydroxyl groups excluding tert-OH is 1. The standard InChI is InChI=1S/C18H26N4O4.2ClH/c1-14-19-18(26-20-14)13-25-17-6-4-3-5-16(17)24-12-15(23)11-22-9-7-21(2)8-10-22;;/h3-6,15,23H,7-13H2,1-2H3;2*1H. The van der Waals surface area contributed by atoms with Crippen molar-refractivity contribution in [3.05, 3.63) is 36.0 Å². The van der Waals surface area contributed by atoms with E-state index in [2.05, 4.69) is 27.0 Å². The fourth-order valence-electron chi connectivity index (χ4n) is 2.79. The first-order valence-corrected chi connectivity index (χ1v) is 8.83. The van der Waals surface area contributed by atoms with Crippen LogP contribution in [-0.2, 0) is 6.61 Å². The Morgan fingerprint density at radius 3 is 2.36 bits per heavy atom. The molecule has 0 radical (unpaired) electrons. The molecule has 0 spiro atoms. The third kappa shape index (κ3) is 7.44. The number of β-amino-alcohol motifs (C(OH)–C–C–N with tert-alkyl or cyclic N) is 1. The zero-order chi connectivity index (χ0) is 18.4. The van der Waals surface area contributed by atoms with Crippen molar-refractivity contribution in [1.82, 2.24) is 19.9 Å². The zero-order valence-electron chi connectivity index (χ0n) is 16.1. The zero-order valence-corrected chi connectivity index (χ0v) is 17.7. The lowest BCUT2D eigenvalue weighted by molar-refractivity contribution is 0.0494. The van der Waals surface area contributed by atoms with Gasteiger partial charge in [-0.1, -0.05) is 17.3 Å². The van der Waals surface area contributed by atoms with Crippen molar-refractivity contribution in [3.63, 3.8) is 0 Å². The molecule has 0 aliphatic carbocycles. The summed E-state index contributed by atoms with van der Waals surface area (Å²) in [5.74, 6) is 2.14. The molecule has 1 fully saturated rings. The molecular formula is C18H28Cl2N4O4. The molecule has 28 heavy (non-hydrogen) atoms. The molecule has 0 amide bonds. The van der Waals surface area contributed by atoms with Gasteiger partial charge in [0, 0.05) is 32.7 Å². The van der Waals surface area contributed by atoms with Crippen LogP contribution in [0, 0.1) is 6.92 Å². The number of aryl methyl sites for hydroxylation is 1. The van der Waals surface area contributed by atoms with Gasteiger partial charge in [-0.3, -0.25) is 4.90 Å². The van der Waals surface area contributed by atoms with E-state index in [4.69, 9.17) is 14.0 Å². The first-order chi connectivity index (χ1) is 12.6. The normalized spacial score (nSPS) is 16.0. The molecule has 1 aliphatic heterocycles. The summed E-state index contributed by atoms with van der Waals surface area (Å²) in [4.78, 5) is 8.66. The second kappa shape index (κ2) is 12.1. The van der Waals surface area contributed by atoms with Crippen LogP contribution in [0.2, 0.25) is 0 Å². The Hall–Kier alpha value is -1.58. The summed E-state index contributed by atoms with van der Waals surface area (Å²) in [6, 6.07) is 7.36. The Labute approximate surface area is 177 Å². The number of likely N-dealkylation sites (N-methyl/N-ethyl adjacent to an activating group) is 1. The van der Waals surface area contributed by atoms with Crippen molar-refractivity contribution in [2.75, 3.05) is 46.4 Å². The Morgan fingerprint density at radius 1 is 1.11 bits per heavy atom. The van der Waals surface area contributed by atoms with Gasteiger partial charge in [-0.25, -0.2) is 0 Å². The van der Waals surface area contributed by atoms with Crippen LogP contribution in [0.25, 0.3) is 0 Å². The topological polar surface area (TPSA) is 84.1 Å². The minimum absolute atomic E-state index is 0. The molecule has 1 aromatic heterocycles. The maximum absolute atomic E-state index is 10.3. The Morgan fingerprint density at radius 2 is 1.75 bits per heavy atom. The van der Waals surface area contributed by atoms with Crippen molar-refractivity contribution in [1.29, 1.82) is 0 Å². The molecule has 2 aromatic rings. The smallest absolute Gasteiger partial charge is 0.264 e. The number of aliphatic hydroxyl groups is 1. The van der Waals surface area contributed by atoms with Gasteiger partial charge >= 0.3 is 0 Å². The fourth-order valence-corrected chi connectivity index (χ4v) is 2.79. The molecule has 1 atom stereocenters. The van der Waals surface area contributed by atoms with Gasteiger partial charge in [0.05, 0.1) is 0 Å². The largest absolute Gasteiger partial charge is 0.487 e. The van der Waals surface area contributed by atoms with Gasteiger partial charge in [0.25, 0.3) is 5.89 Å². The van der Waals surface area contributed by atoms with Gasteiger partial charge in [0.15, 0.2) is 23.9 Å². The number of ether oxygens (including phenoxy) is 2. The van der Waals surface area contributed by atoms with Crippen molar-refractivity contribution < 1.29 is 19.1 Å². The van der Waals surface area contributed by atoms with E-state index in [-0.39, 0.29) is 38.0 Å². The van der Waals surface area contributed by atoms with E-state index >= 15 is 0 Å². The van der Waals surface area contributed by atoms with E-state index in [1.807, 2.05) is 24.3 Å². The van der Waals surface area contributed by atoms with Crippen LogP contribution < -0.4 is 9.47 Å². The van der Waals surface area contributed by atoms with E-state index in [1.165, 1.54) is 0 Å². The van der Waals surface area contributed by atoms with Crippen LogP contribution in [0.1, 0.15) is 11.7 Å². The predicted octanol–water partition coefficient (Wildman–Crippen LogP) is 1.79. The number of hydrogen-bond donors (Lipinski definition) is 1. The summed E-state index contributed by atoms with van der Waals surface area (Å²) in [6.45, 7) is 6.74. The maximum Gasteiger partial charge on any atom is 0.264 e. The lowest BCUT2D eigenvalue weighted by Crippen LogP contribution is -2.47. The van der Waals surface area contributed by atoms with Gasteiger partial charge < -0.3 is 24.0 Å². The Balaban J connectivity index is 0.00000196. The highest BCUT2D eigenvalue weighted by Crippen LogP contribution is 2.27. The van der Waals surface area contributed by atoms with E-state index in [0.29, 0.717) is 29.8 Å². The summed E-state index contributed by atoms with van der Waals surface area (Å²) in [5, 5.41) is 14.0. The molecular weight excluding hydrogens is 407 g/mol. The lowest BCUT2D eigenvalue weighted by atomic mass is 10.2. The van der Waals surface area contributed by atoms with Gasteiger partial charge in [0.1, 0.15) is 12.7 Å². The average molecular weight is 435 g/mol. The van der Waals surface area contributed by atoms with Crippen LogP contribution in [0.5, 0.6) is 11.5 Å². The van der Waals surface area contributed by atoms with E-state index in [9.17, 15) is 5.11 Å². The van der Waals surface area contributed by atoms with Crippen LogP contribution in [0.4, 0.5) is 0 Å². The first-order valence-electron chi connectivity index (χ1n) is 8.83. The highest BCUT2D eigenvalue weighted by Gasteiger charge is 2.18. The highest BCUT2D eigenvalue weighted by atomic mass is 35.5. The van der Waals surface area contributed by atoms with Crippen molar-refractivity contribution in [2.45, 2.75) is 19.6 Å². The van der Waals surface area contributed by atoms with E-state index < -0.39 is 6.10 Å². The molecule has 2 heterocycles. The van der Waals surface area contributed by atoms with Crippen molar-refractivity contribution >= 4 is 24.8 Å². The summed E-state index contributed by atoms with van der Waals surface area (Å²) in [7, 11) is 2.11. The molecule has 1 saturated heterocycles. The molecule has 10 heteroatoms. The molecule has 1 unspecified atom stereocenters. The summed E-state index contributed by atoms with van der Waals surface area (Å²) < 4.78 is 16.5. The SMILES string of the molecule is Cc1noc(COc2ccccc2OCC(O)CN2CCN(C)CC2)n1.Cl.Cl. The molecule has 1 N–H and O–H groups in total. The van der Waals surface area contributed by atoms with Crippen LogP contribution in [0.15, 0.2) is 28.8 Å². The molecule has 158 valence electrons. The number of nitrogens with zero attached hydrogens (tertiary/aromatic N) is 4. The number of halogens is 2. The van der Waals surface area contributed by atoms with Gasteiger partial charge in [-0.15, -0.1) is 24.8 Å². The van der Waals surface area contributed by atoms with Crippen molar-refractivity contribution in [3.8, 4) is 11.5 Å². The molecule has 0 saturated carbocycles. The minimum Gasteiger partial charge on any atom is -0.487 e. The predicted molar refractivity (Wildman–Crippen MR) is 110 cm³/mol. The van der Waals surface area contributed by atoms with Crippen LogP contribution in [-0.4, -0.2) is 77.5 Å². The number of rotatable bonds is 8. The van der Waals surface area contributed by atoms with Crippen LogP contribution in [0.3, 0.4) is 0 Å². The van der Waals surface area contributed by atoms with Crippen LogP contribution >= 0.6 is 24.8 Å². The van der Waals surface area contributed by atoms with E-state index in [1.54, 1.807) is 6.92 Å². The van der Waals surface area contributed by atoms with Gasteiger partial charge in [-0.05, 0) is 26.1 Å². The third-order valence-electron chi connectivity index (χ3n) is 4.27. The van der Waals surface area contributed by atoms with Crippen molar-refractivity contribution in [2.24, 2.45) is 0 Å². The number of benzene rings is 1. The average Bonchev–Trinajstić information content (AvgIpc) is 3.06. The molecule has 1 aliphatic rings. The second-order valence-electron chi connectivity index (χ2n) is 6.54. The van der Waals surface area contributed by atoms with Gasteiger partial charge in [0.2, 0.25) is 0 Å². The Kier molecular flexibility index (Phi) is 10.6. The molecule has 8 nitrogen and oxygen atoms in total. The minimum atomic E-state index is -0.551. The highest BCUT2D eigenvalue weighted by molar-refractivity contribution is 5.85. The number of hydrogen-bond acceptors (Lipinski definition) is 8. The quantitative estimate of drug-likeness (QED) is 0.672. The monoisotopic (exact) mass is 434 g/mol. The summed E-state index contributed by atoms with van der Waals surface area (Å²) in [6.07, 6.45) is -0.551. The second-order valence-corrected chi connectivity index (χ2v) is 6.54. The fraction of sp³-hybridized carbons (Fsp3) is 0.556. The number of para-hydroxylation sites is 2. The number of piperazine rings is 1. The summed E-state index contributed by atoms with van der Waals surface area (Å²) in [5.41, 5.74) is 0. The summed E-state index contributed by atoms with van der Waals surface area (Å²) >= 11 is 0. The Bertz CT molecular complexity index is 696. The molecule has 0 bridgehead atoms. The third-order valence-corrected chi connectivity index (χ3v) is 4.27. The molecule has 3 rings (SSSR count). The maximum atomic E-state index is 10.3. The van der Waals surface area contributed by atoms with Gasteiger partial charge in [-0.2, -0.15) is 4.98 Å². The molecule has 1 aromatic carbocycles. The number of aromatic nitrogens is 2. The first kappa shape index (κ1) is 24.5.